The molecule has 0 spiro atoms. The van der Waals surface area contributed by atoms with Crippen LogP contribution in [0.1, 0.15) is 46.1 Å². The van der Waals surface area contributed by atoms with Crippen LogP contribution >= 0.6 is 0 Å². The van der Waals surface area contributed by atoms with Crippen molar-refractivity contribution < 1.29 is 18.0 Å². The van der Waals surface area contributed by atoms with Crippen molar-refractivity contribution in [2.75, 3.05) is 21.5 Å². The van der Waals surface area contributed by atoms with Gasteiger partial charge in [0.05, 0.1) is 10.6 Å². The van der Waals surface area contributed by atoms with Gasteiger partial charge >= 0.3 is 0 Å². The first-order valence-electron chi connectivity index (χ1n) is 10.4. The number of rotatable bonds is 6. The number of carbonyl (C=O) groups is 2. The van der Waals surface area contributed by atoms with Gasteiger partial charge < -0.3 is 10.2 Å². The fourth-order valence-corrected chi connectivity index (χ4v) is 4.49. The molecule has 0 unspecified atom stereocenters. The van der Waals surface area contributed by atoms with Gasteiger partial charge in [-0.15, -0.1) is 0 Å². The van der Waals surface area contributed by atoms with Crippen LogP contribution in [0.5, 0.6) is 0 Å². The minimum absolute atomic E-state index is 0.00645. The molecule has 8 heteroatoms. The molecule has 1 heterocycles. The average molecular weight is 444 g/mol. The molecule has 31 heavy (non-hydrogen) atoms. The minimum atomic E-state index is -3.82. The number of amides is 2. The quantitative estimate of drug-likeness (QED) is 0.701. The molecular weight excluding hydrogens is 414 g/mol. The maximum atomic E-state index is 12.8. The fourth-order valence-electron chi connectivity index (χ4n) is 3.44. The monoisotopic (exact) mass is 443 g/mol. The molecule has 0 radical (unpaired) electrons. The van der Waals surface area contributed by atoms with Crippen molar-refractivity contribution in [2.24, 2.45) is 5.41 Å². The lowest BCUT2D eigenvalue weighted by Crippen LogP contribution is -2.38. The minimum Gasteiger partial charge on any atom is -0.326 e. The molecular formula is C23H29N3O4S. The first kappa shape index (κ1) is 22.8. The molecule has 2 aromatic carbocycles. The SMILES string of the molecule is CCCC(=O)Nc1ccc(S(=O)(=O)Nc2ccc3c(c2)N(C(=O)C(C)(C)C)CC3)cc1. The molecule has 2 amide bonds. The first-order valence-corrected chi connectivity index (χ1v) is 11.9. The summed E-state index contributed by atoms with van der Waals surface area (Å²) in [6, 6.07) is 11.3. The van der Waals surface area contributed by atoms with Gasteiger partial charge in [0.25, 0.3) is 10.0 Å². The predicted octanol–water partition coefficient (Wildman–Crippen LogP) is 4.16. The zero-order chi connectivity index (χ0) is 22.8. The van der Waals surface area contributed by atoms with E-state index in [-0.39, 0.29) is 16.7 Å². The second kappa shape index (κ2) is 8.70. The number of fused-ring (bicyclic) bond motifs is 1. The number of hydrogen-bond acceptors (Lipinski definition) is 4. The largest absolute Gasteiger partial charge is 0.326 e. The predicted molar refractivity (Wildman–Crippen MR) is 123 cm³/mol. The zero-order valence-corrected chi connectivity index (χ0v) is 19.2. The van der Waals surface area contributed by atoms with E-state index in [0.717, 1.165) is 24.1 Å². The summed E-state index contributed by atoms with van der Waals surface area (Å²) in [4.78, 5) is 26.3. The molecule has 0 aromatic heterocycles. The fraction of sp³-hybridized carbons (Fsp3) is 0.391. The maximum absolute atomic E-state index is 12.8. The Labute approximate surface area is 183 Å². The summed E-state index contributed by atoms with van der Waals surface area (Å²) in [6.07, 6.45) is 1.89. The molecule has 2 aromatic rings. The van der Waals surface area contributed by atoms with E-state index in [9.17, 15) is 18.0 Å². The van der Waals surface area contributed by atoms with Gasteiger partial charge in [0.2, 0.25) is 11.8 Å². The van der Waals surface area contributed by atoms with Gasteiger partial charge in [0, 0.05) is 29.8 Å². The lowest BCUT2D eigenvalue weighted by Gasteiger charge is -2.26. The van der Waals surface area contributed by atoms with Crippen molar-refractivity contribution in [3.05, 3.63) is 48.0 Å². The summed E-state index contributed by atoms with van der Waals surface area (Å²) < 4.78 is 28.3. The highest BCUT2D eigenvalue weighted by molar-refractivity contribution is 7.92. The van der Waals surface area contributed by atoms with E-state index in [4.69, 9.17) is 0 Å². The zero-order valence-electron chi connectivity index (χ0n) is 18.4. The van der Waals surface area contributed by atoms with E-state index in [2.05, 4.69) is 10.0 Å². The Morgan fingerprint density at radius 1 is 1.03 bits per heavy atom. The van der Waals surface area contributed by atoms with Gasteiger partial charge in [-0.05, 0) is 54.8 Å². The Morgan fingerprint density at radius 3 is 2.29 bits per heavy atom. The van der Waals surface area contributed by atoms with Crippen molar-refractivity contribution in [3.63, 3.8) is 0 Å². The molecule has 0 saturated carbocycles. The highest BCUT2D eigenvalue weighted by Crippen LogP contribution is 2.34. The van der Waals surface area contributed by atoms with Crippen LogP contribution in [0.4, 0.5) is 17.1 Å². The lowest BCUT2D eigenvalue weighted by atomic mass is 9.94. The van der Waals surface area contributed by atoms with Crippen LogP contribution in [0.3, 0.4) is 0 Å². The van der Waals surface area contributed by atoms with Gasteiger partial charge in [-0.25, -0.2) is 8.42 Å². The molecule has 0 saturated heterocycles. The second-order valence-electron chi connectivity index (χ2n) is 8.73. The van der Waals surface area contributed by atoms with Crippen molar-refractivity contribution in [1.29, 1.82) is 0 Å². The van der Waals surface area contributed by atoms with Crippen LogP contribution < -0.4 is 14.9 Å². The third-order valence-electron chi connectivity index (χ3n) is 5.05. The summed E-state index contributed by atoms with van der Waals surface area (Å²) in [7, 11) is -3.82. The second-order valence-corrected chi connectivity index (χ2v) is 10.4. The Hall–Kier alpha value is -2.87. The molecule has 0 atom stereocenters. The third-order valence-corrected chi connectivity index (χ3v) is 6.44. The molecule has 1 aliphatic heterocycles. The van der Waals surface area contributed by atoms with E-state index in [1.54, 1.807) is 29.2 Å². The van der Waals surface area contributed by atoms with Crippen LogP contribution in [-0.2, 0) is 26.0 Å². The molecule has 0 aliphatic carbocycles. The highest BCUT2D eigenvalue weighted by Gasteiger charge is 2.32. The van der Waals surface area contributed by atoms with Crippen LogP contribution in [0.15, 0.2) is 47.4 Å². The normalized spacial score (nSPS) is 13.6. The Balaban J connectivity index is 1.78. The van der Waals surface area contributed by atoms with Gasteiger partial charge in [-0.2, -0.15) is 0 Å². The molecule has 166 valence electrons. The number of nitrogens with one attached hydrogen (secondary N) is 2. The average Bonchev–Trinajstić information content (AvgIpc) is 3.10. The summed E-state index contributed by atoms with van der Waals surface area (Å²) in [5.74, 6) is -0.101. The van der Waals surface area contributed by atoms with E-state index < -0.39 is 15.4 Å². The molecule has 0 fully saturated rings. The third kappa shape index (κ3) is 5.25. The van der Waals surface area contributed by atoms with Crippen LogP contribution in [0, 0.1) is 5.41 Å². The number of anilines is 3. The van der Waals surface area contributed by atoms with Crippen molar-refractivity contribution in [2.45, 2.75) is 51.9 Å². The molecule has 7 nitrogen and oxygen atoms in total. The number of benzene rings is 2. The van der Waals surface area contributed by atoms with Crippen molar-refractivity contribution in [1.82, 2.24) is 0 Å². The molecule has 2 N–H and O–H groups in total. The van der Waals surface area contributed by atoms with Gasteiger partial charge in [0.1, 0.15) is 0 Å². The number of sulfonamides is 1. The lowest BCUT2D eigenvalue weighted by molar-refractivity contribution is -0.125. The summed E-state index contributed by atoms with van der Waals surface area (Å²) in [5.41, 5.74) is 2.19. The van der Waals surface area contributed by atoms with Crippen LogP contribution in [0.25, 0.3) is 0 Å². The summed E-state index contributed by atoms with van der Waals surface area (Å²) in [6.45, 7) is 8.11. The highest BCUT2D eigenvalue weighted by atomic mass is 32.2. The molecule has 1 aliphatic rings. The van der Waals surface area contributed by atoms with Gasteiger partial charge in [-0.1, -0.05) is 33.8 Å². The topological polar surface area (TPSA) is 95.6 Å². The van der Waals surface area contributed by atoms with Gasteiger partial charge in [0.15, 0.2) is 0 Å². The standard InChI is InChI=1S/C23H29N3O4S/c1-5-6-21(27)24-17-9-11-19(12-10-17)31(29,30)25-18-8-7-16-13-14-26(20(16)15-18)22(28)23(2,3)4/h7-12,15,25H,5-6,13-14H2,1-4H3,(H,24,27). The van der Waals surface area contributed by atoms with Crippen LogP contribution in [0.2, 0.25) is 0 Å². The molecule has 3 rings (SSSR count). The summed E-state index contributed by atoms with van der Waals surface area (Å²) in [5, 5.41) is 2.74. The maximum Gasteiger partial charge on any atom is 0.261 e. The van der Waals surface area contributed by atoms with E-state index in [0.29, 0.717) is 24.3 Å². The summed E-state index contributed by atoms with van der Waals surface area (Å²) >= 11 is 0. The number of nitrogens with zero attached hydrogens (tertiary/aromatic N) is 1. The first-order chi connectivity index (χ1) is 14.5. The number of hydrogen-bond donors (Lipinski definition) is 2. The Bertz CT molecular complexity index is 1090. The Kier molecular flexibility index (Phi) is 6.40. The van der Waals surface area contributed by atoms with E-state index in [1.807, 2.05) is 33.8 Å². The van der Waals surface area contributed by atoms with E-state index >= 15 is 0 Å². The van der Waals surface area contributed by atoms with E-state index in [1.165, 1.54) is 12.1 Å². The molecule has 0 bridgehead atoms. The van der Waals surface area contributed by atoms with Gasteiger partial charge in [-0.3, -0.25) is 14.3 Å². The van der Waals surface area contributed by atoms with Crippen molar-refractivity contribution >= 4 is 38.9 Å². The van der Waals surface area contributed by atoms with Crippen molar-refractivity contribution in [3.8, 4) is 0 Å². The smallest absolute Gasteiger partial charge is 0.261 e. The van der Waals surface area contributed by atoms with Crippen LogP contribution in [-0.4, -0.2) is 26.8 Å². The Morgan fingerprint density at radius 2 is 1.68 bits per heavy atom. The number of carbonyl (C=O) groups excluding carboxylic acids is 2.